The van der Waals surface area contributed by atoms with Crippen molar-refractivity contribution in [3.8, 4) is 11.5 Å². The highest BCUT2D eigenvalue weighted by Crippen LogP contribution is 2.49. The van der Waals surface area contributed by atoms with E-state index in [1.54, 1.807) is 24.3 Å². The van der Waals surface area contributed by atoms with Crippen LogP contribution in [0.25, 0.3) is 0 Å². The van der Waals surface area contributed by atoms with Gasteiger partial charge >= 0.3 is 0 Å². The number of hydrogen-bond acceptors (Lipinski definition) is 2. The van der Waals surface area contributed by atoms with Crippen LogP contribution in [0.15, 0.2) is 48.5 Å². The van der Waals surface area contributed by atoms with E-state index >= 15 is 0 Å². The van der Waals surface area contributed by atoms with Crippen LogP contribution in [0.5, 0.6) is 11.5 Å². The number of benzene rings is 2. The molecule has 0 saturated heterocycles. The van der Waals surface area contributed by atoms with Gasteiger partial charge in [-0.2, -0.15) is 0 Å². The molecule has 0 aliphatic heterocycles. The van der Waals surface area contributed by atoms with Crippen LogP contribution < -0.4 is 0 Å². The van der Waals surface area contributed by atoms with Gasteiger partial charge in [-0.3, -0.25) is 0 Å². The molecule has 0 spiro atoms. The summed E-state index contributed by atoms with van der Waals surface area (Å²) >= 11 is 0. The highest BCUT2D eigenvalue weighted by Gasteiger charge is 2.33. The van der Waals surface area contributed by atoms with Gasteiger partial charge in [0.25, 0.3) is 0 Å². The van der Waals surface area contributed by atoms with E-state index in [1.807, 2.05) is 24.3 Å². The second-order valence-electron chi connectivity index (χ2n) is 4.97. The summed E-state index contributed by atoms with van der Waals surface area (Å²) in [4.78, 5) is 0. The molecular weight excluding hydrogens is 224 g/mol. The van der Waals surface area contributed by atoms with Gasteiger partial charge in [0.1, 0.15) is 11.5 Å². The number of phenols is 2. The van der Waals surface area contributed by atoms with Gasteiger partial charge in [-0.1, -0.05) is 24.3 Å². The van der Waals surface area contributed by atoms with Crippen LogP contribution in [0.1, 0.15) is 35.8 Å². The standard InChI is InChI=1S/C16H16O2/c17-13-5-1-11(2-6-13)15-9-10-16(15)12-3-7-14(18)8-4-12/h1-8,15-18H,9-10H2/t15-,16-/m0/s1. The molecule has 1 fully saturated rings. The Balaban J connectivity index is 1.83. The molecule has 0 amide bonds. The Bertz CT molecular complexity index is 477. The zero-order valence-corrected chi connectivity index (χ0v) is 10.1. The van der Waals surface area contributed by atoms with Crippen LogP contribution in [0.2, 0.25) is 0 Å². The molecule has 18 heavy (non-hydrogen) atoms. The van der Waals surface area contributed by atoms with E-state index in [-0.39, 0.29) is 0 Å². The molecule has 2 atom stereocenters. The Kier molecular flexibility index (Phi) is 2.71. The van der Waals surface area contributed by atoms with Crippen LogP contribution in [0.4, 0.5) is 0 Å². The first kappa shape index (κ1) is 11.1. The van der Waals surface area contributed by atoms with E-state index < -0.39 is 0 Å². The Hall–Kier alpha value is -1.96. The summed E-state index contributed by atoms with van der Waals surface area (Å²) in [6.45, 7) is 0. The summed E-state index contributed by atoms with van der Waals surface area (Å²) in [5.41, 5.74) is 2.58. The molecule has 0 unspecified atom stereocenters. The van der Waals surface area contributed by atoms with Gasteiger partial charge in [-0.25, -0.2) is 0 Å². The maximum atomic E-state index is 9.31. The molecule has 2 aromatic carbocycles. The topological polar surface area (TPSA) is 40.5 Å². The first-order chi connectivity index (χ1) is 8.74. The van der Waals surface area contributed by atoms with Gasteiger partial charge in [0.15, 0.2) is 0 Å². The van der Waals surface area contributed by atoms with Crippen molar-refractivity contribution in [1.29, 1.82) is 0 Å². The molecule has 2 nitrogen and oxygen atoms in total. The summed E-state index contributed by atoms with van der Waals surface area (Å²) in [6.07, 6.45) is 2.38. The van der Waals surface area contributed by atoms with Crippen LogP contribution in [0.3, 0.4) is 0 Å². The Labute approximate surface area is 107 Å². The third kappa shape index (κ3) is 1.94. The first-order valence-corrected chi connectivity index (χ1v) is 6.32. The largest absolute Gasteiger partial charge is 0.508 e. The second kappa shape index (κ2) is 4.37. The van der Waals surface area contributed by atoms with E-state index in [9.17, 15) is 10.2 Å². The minimum absolute atomic E-state index is 0.319. The summed E-state index contributed by atoms with van der Waals surface area (Å²) in [5.74, 6) is 1.71. The maximum Gasteiger partial charge on any atom is 0.115 e. The number of rotatable bonds is 2. The van der Waals surface area contributed by atoms with Gasteiger partial charge in [-0.15, -0.1) is 0 Å². The van der Waals surface area contributed by atoms with E-state index in [1.165, 1.54) is 24.0 Å². The van der Waals surface area contributed by atoms with Gasteiger partial charge in [0, 0.05) is 0 Å². The molecule has 0 heterocycles. The highest BCUT2D eigenvalue weighted by atomic mass is 16.3. The maximum absolute atomic E-state index is 9.31. The summed E-state index contributed by atoms with van der Waals surface area (Å²) in [7, 11) is 0. The van der Waals surface area contributed by atoms with Crippen LogP contribution >= 0.6 is 0 Å². The molecule has 0 aromatic heterocycles. The van der Waals surface area contributed by atoms with E-state index in [0.29, 0.717) is 23.3 Å². The van der Waals surface area contributed by atoms with Crippen molar-refractivity contribution in [1.82, 2.24) is 0 Å². The zero-order chi connectivity index (χ0) is 12.5. The fraction of sp³-hybridized carbons (Fsp3) is 0.250. The van der Waals surface area contributed by atoms with Crippen molar-refractivity contribution < 1.29 is 10.2 Å². The predicted octanol–water partition coefficient (Wildman–Crippen LogP) is 3.76. The molecule has 2 N–H and O–H groups in total. The molecule has 0 radical (unpaired) electrons. The number of hydrogen-bond donors (Lipinski definition) is 2. The van der Waals surface area contributed by atoms with Gasteiger partial charge < -0.3 is 10.2 Å². The fourth-order valence-corrected chi connectivity index (χ4v) is 2.74. The normalized spacial score (nSPS) is 22.4. The molecule has 0 bridgehead atoms. The monoisotopic (exact) mass is 240 g/mol. The van der Waals surface area contributed by atoms with Gasteiger partial charge in [0.05, 0.1) is 0 Å². The van der Waals surface area contributed by atoms with Crippen molar-refractivity contribution in [3.05, 3.63) is 59.7 Å². The van der Waals surface area contributed by atoms with Gasteiger partial charge in [0.2, 0.25) is 0 Å². The fourth-order valence-electron chi connectivity index (χ4n) is 2.74. The smallest absolute Gasteiger partial charge is 0.115 e. The van der Waals surface area contributed by atoms with Crippen molar-refractivity contribution in [3.63, 3.8) is 0 Å². The van der Waals surface area contributed by atoms with Gasteiger partial charge in [-0.05, 0) is 60.1 Å². The lowest BCUT2D eigenvalue weighted by Crippen LogP contribution is -2.21. The SMILES string of the molecule is Oc1ccc([C@@H]2CC[C@H]2c2ccc(O)cc2)cc1. The molecular formula is C16H16O2. The zero-order valence-electron chi connectivity index (χ0n) is 10.1. The third-order valence-electron chi connectivity index (χ3n) is 3.92. The van der Waals surface area contributed by atoms with Crippen molar-refractivity contribution >= 4 is 0 Å². The summed E-state index contributed by atoms with van der Waals surface area (Å²) in [5, 5.41) is 18.6. The molecule has 2 heteroatoms. The number of aromatic hydroxyl groups is 2. The molecule has 1 aliphatic carbocycles. The van der Waals surface area contributed by atoms with Crippen LogP contribution in [-0.2, 0) is 0 Å². The second-order valence-corrected chi connectivity index (χ2v) is 4.97. The molecule has 92 valence electrons. The molecule has 2 aromatic rings. The molecule has 3 rings (SSSR count). The number of phenolic OH excluding ortho intramolecular Hbond substituents is 2. The van der Waals surface area contributed by atoms with Crippen molar-refractivity contribution in [2.45, 2.75) is 24.7 Å². The van der Waals surface area contributed by atoms with E-state index in [0.717, 1.165) is 0 Å². The van der Waals surface area contributed by atoms with E-state index in [2.05, 4.69) is 0 Å². The predicted molar refractivity (Wildman–Crippen MR) is 70.9 cm³/mol. The lowest BCUT2D eigenvalue weighted by Gasteiger charge is -2.37. The lowest BCUT2D eigenvalue weighted by molar-refractivity contribution is 0.346. The van der Waals surface area contributed by atoms with Crippen LogP contribution in [0, 0.1) is 0 Å². The minimum Gasteiger partial charge on any atom is -0.508 e. The third-order valence-corrected chi connectivity index (χ3v) is 3.92. The first-order valence-electron chi connectivity index (χ1n) is 6.32. The Morgan fingerprint density at radius 3 is 1.22 bits per heavy atom. The lowest BCUT2D eigenvalue weighted by atomic mass is 9.67. The average molecular weight is 240 g/mol. The van der Waals surface area contributed by atoms with Crippen LogP contribution in [-0.4, -0.2) is 10.2 Å². The highest BCUT2D eigenvalue weighted by molar-refractivity contribution is 5.36. The Morgan fingerprint density at radius 1 is 0.611 bits per heavy atom. The van der Waals surface area contributed by atoms with Crippen molar-refractivity contribution in [2.24, 2.45) is 0 Å². The van der Waals surface area contributed by atoms with E-state index in [4.69, 9.17) is 0 Å². The van der Waals surface area contributed by atoms with Crippen molar-refractivity contribution in [2.75, 3.05) is 0 Å². The molecule has 1 aliphatic rings. The summed E-state index contributed by atoms with van der Waals surface area (Å²) in [6, 6.07) is 15.0. The Morgan fingerprint density at radius 2 is 0.944 bits per heavy atom. The quantitative estimate of drug-likeness (QED) is 0.839. The molecule has 1 saturated carbocycles. The minimum atomic E-state index is 0.319. The summed E-state index contributed by atoms with van der Waals surface area (Å²) < 4.78 is 0. The average Bonchev–Trinajstić information content (AvgIpc) is 2.33.